The smallest absolute Gasteiger partial charge is 0.197 e. The predicted molar refractivity (Wildman–Crippen MR) is 103 cm³/mol. The van der Waals surface area contributed by atoms with Gasteiger partial charge in [0.15, 0.2) is 5.78 Å². The van der Waals surface area contributed by atoms with Crippen molar-refractivity contribution in [2.75, 3.05) is 13.2 Å². The van der Waals surface area contributed by atoms with Crippen molar-refractivity contribution in [1.29, 1.82) is 0 Å². The Balaban J connectivity index is 1.74. The van der Waals surface area contributed by atoms with E-state index in [1.54, 1.807) is 24.3 Å². The molecule has 6 nitrogen and oxygen atoms in total. The summed E-state index contributed by atoms with van der Waals surface area (Å²) in [5.41, 5.74) is 1.26. The topological polar surface area (TPSA) is 100 Å². The van der Waals surface area contributed by atoms with Crippen LogP contribution in [0.25, 0.3) is 11.0 Å². The highest BCUT2D eigenvalue weighted by Gasteiger charge is 2.41. The van der Waals surface area contributed by atoms with Gasteiger partial charge < -0.3 is 24.5 Å². The van der Waals surface area contributed by atoms with Crippen molar-refractivity contribution in [2.24, 2.45) is 0 Å². The van der Waals surface area contributed by atoms with Crippen LogP contribution < -0.4 is 4.74 Å². The summed E-state index contributed by atoms with van der Waals surface area (Å²) in [5, 5.41) is 28.7. The Labute approximate surface area is 166 Å². The van der Waals surface area contributed by atoms with E-state index in [1.165, 1.54) is 12.1 Å². The molecule has 29 heavy (non-hydrogen) atoms. The molecule has 152 valence electrons. The third-order valence-corrected chi connectivity index (χ3v) is 5.41. The fourth-order valence-electron chi connectivity index (χ4n) is 3.74. The van der Waals surface area contributed by atoms with E-state index in [0.29, 0.717) is 39.2 Å². The first-order valence-electron chi connectivity index (χ1n) is 9.25. The van der Waals surface area contributed by atoms with Crippen LogP contribution in [-0.4, -0.2) is 46.5 Å². The molecular weight excluding hydrogens is 379 g/mol. The third kappa shape index (κ3) is 3.11. The van der Waals surface area contributed by atoms with Crippen LogP contribution in [-0.2, 0) is 5.41 Å². The Morgan fingerprint density at radius 1 is 1.14 bits per heavy atom. The van der Waals surface area contributed by atoms with Crippen LogP contribution >= 0.6 is 0 Å². The van der Waals surface area contributed by atoms with Crippen LogP contribution in [0.1, 0.15) is 41.1 Å². The van der Waals surface area contributed by atoms with Crippen LogP contribution in [0.5, 0.6) is 5.75 Å². The molecule has 1 aromatic heterocycles. The van der Waals surface area contributed by atoms with Crippen molar-refractivity contribution < 1.29 is 33.7 Å². The minimum atomic E-state index is -1.30. The summed E-state index contributed by atoms with van der Waals surface area (Å²) in [6.07, 6.45) is -2.55. The van der Waals surface area contributed by atoms with Gasteiger partial charge in [-0.3, -0.25) is 4.79 Å². The number of ketones is 1. The normalized spacial score (nSPS) is 17.0. The summed E-state index contributed by atoms with van der Waals surface area (Å²) in [5.74, 6) is 0.218. The minimum absolute atomic E-state index is 0.207. The highest BCUT2D eigenvalue weighted by atomic mass is 19.1. The second-order valence-corrected chi connectivity index (χ2v) is 7.74. The maximum Gasteiger partial charge on any atom is 0.197 e. The molecule has 3 N–H and O–H groups in total. The van der Waals surface area contributed by atoms with Gasteiger partial charge in [-0.15, -0.1) is 0 Å². The maximum absolute atomic E-state index is 13.6. The molecule has 0 aliphatic heterocycles. The Hall–Kier alpha value is -2.74. The lowest BCUT2D eigenvalue weighted by Crippen LogP contribution is -2.34. The quantitative estimate of drug-likeness (QED) is 0.609. The number of furan rings is 1. The average Bonchev–Trinajstić information content (AvgIpc) is 3.09. The number of fused-ring (bicyclic) bond motifs is 4. The largest absolute Gasteiger partial charge is 0.491 e. The van der Waals surface area contributed by atoms with Crippen molar-refractivity contribution in [3.8, 4) is 5.75 Å². The van der Waals surface area contributed by atoms with Crippen molar-refractivity contribution >= 4 is 16.8 Å². The molecule has 0 saturated carbocycles. The Bertz CT molecular complexity index is 1100. The van der Waals surface area contributed by atoms with Gasteiger partial charge in [-0.2, -0.15) is 0 Å². The molecule has 1 heterocycles. The Morgan fingerprint density at radius 2 is 1.90 bits per heavy atom. The molecule has 2 atom stereocenters. The molecule has 0 amide bonds. The molecule has 0 bridgehead atoms. The van der Waals surface area contributed by atoms with E-state index in [-0.39, 0.29) is 12.4 Å². The van der Waals surface area contributed by atoms with Gasteiger partial charge in [0.1, 0.15) is 41.7 Å². The van der Waals surface area contributed by atoms with Gasteiger partial charge in [0, 0.05) is 22.4 Å². The van der Waals surface area contributed by atoms with Gasteiger partial charge >= 0.3 is 0 Å². The number of carbonyl (C=O) groups is 1. The number of aliphatic hydroxyl groups excluding tert-OH is 3. The van der Waals surface area contributed by atoms with Gasteiger partial charge in [-0.1, -0.05) is 0 Å². The summed E-state index contributed by atoms with van der Waals surface area (Å²) >= 11 is 0. The lowest BCUT2D eigenvalue weighted by atomic mass is 9.72. The summed E-state index contributed by atoms with van der Waals surface area (Å²) in [6, 6.07) is 9.08. The first-order valence-corrected chi connectivity index (χ1v) is 9.25. The number of hydrogen-bond acceptors (Lipinski definition) is 6. The second kappa shape index (κ2) is 6.95. The molecule has 0 spiro atoms. The van der Waals surface area contributed by atoms with Crippen molar-refractivity contribution in [1.82, 2.24) is 0 Å². The Kier molecular flexibility index (Phi) is 4.69. The number of rotatable bonds is 5. The fraction of sp³-hybridized carbons (Fsp3) is 0.318. The molecule has 0 saturated heterocycles. The molecule has 7 heteroatoms. The summed E-state index contributed by atoms with van der Waals surface area (Å²) in [4.78, 5) is 13.2. The van der Waals surface area contributed by atoms with Crippen LogP contribution in [0.2, 0.25) is 0 Å². The molecule has 1 aliphatic rings. The summed E-state index contributed by atoms with van der Waals surface area (Å²) in [6.45, 7) is 3.02. The first kappa shape index (κ1) is 19.6. The fourth-order valence-corrected chi connectivity index (χ4v) is 3.74. The van der Waals surface area contributed by atoms with Gasteiger partial charge in [0.2, 0.25) is 0 Å². The molecule has 2 aromatic carbocycles. The molecule has 1 aliphatic carbocycles. The van der Waals surface area contributed by atoms with Crippen molar-refractivity contribution in [3.05, 3.63) is 64.7 Å². The molecule has 2 unspecified atom stereocenters. The van der Waals surface area contributed by atoms with Gasteiger partial charge in [-0.25, -0.2) is 4.39 Å². The number of carbonyl (C=O) groups excluding carboxylic acids is 1. The van der Waals surface area contributed by atoms with Crippen LogP contribution in [0, 0.1) is 5.82 Å². The van der Waals surface area contributed by atoms with Crippen LogP contribution in [0.4, 0.5) is 4.39 Å². The molecule has 3 aromatic rings. The second-order valence-electron chi connectivity index (χ2n) is 7.74. The number of ether oxygens (including phenoxy) is 1. The zero-order valence-electron chi connectivity index (χ0n) is 16.0. The lowest BCUT2D eigenvalue weighted by Gasteiger charge is -2.31. The van der Waals surface area contributed by atoms with E-state index in [0.717, 1.165) is 0 Å². The van der Waals surface area contributed by atoms with Gasteiger partial charge in [0.25, 0.3) is 0 Å². The molecule has 4 rings (SSSR count). The highest BCUT2D eigenvalue weighted by molar-refractivity contribution is 6.19. The average molecular weight is 400 g/mol. The van der Waals surface area contributed by atoms with Crippen molar-refractivity contribution in [2.45, 2.75) is 31.5 Å². The SMILES string of the molecule is CC1(C)c2cc(OCC(O)C(O)CO)ccc2C(=O)c2c1oc1cc(F)ccc21. The van der Waals surface area contributed by atoms with Crippen LogP contribution in [0.3, 0.4) is 0 Å². The monoisotopic (exact) mass is 400 g/mol. The first-order chi connectivity index (χ1) is 13.7. The standard InChI is InChI=1S/C22H21FO6/c1-22(2)15-8-12(28-10-17(26)16(25)9-24)4-6-13(15)20(27)19-14-5-3-11(23)7-18(14)29-21(19)22/h3-8,16-17,24-26H,9-10H2,1-2H3. The minimum Gasteiger partial charge on any atom is -0.491 e. The van der Waals surface area contributed by atoms with E-state index in [1.807, 2.05) is 13.8 Å². The predicted octanol–water partition coefficient (Wildman–Crippen LogP) is 2.54. The van der Waals surface area contributed by atoms with E-state index >= 15 is 0 Å². The number of benzene rings is 2. The highest BCUT2D eigenvalue weighted by Crippen LogP contribution is 2.46. The molecule has 0 radical (unpaired) electrons. The Morgan fingerprint density at radius 3 is 2.62 bits per heavy atom. The van der Waals surface area contributed by atoms with E-state index in [4.69, 9.17) is 14.3 Å². The zero-order chi connectivity index (χ0) is 20.9. The molecule has 0 fully saturated rings. The van der Waals surface area contributed by atoms with Crippen LogP contribution in [0.15, 0.2) is 40.8 Å². The molecular formula is C22H21FO6. The maximum atomic E-state index is 13.6. The number of aliphatic hydroxyl groups is 3. The van der Waals surface area contributed by atoms with Crippen molar-refractivity contribution in [3.63, 3.8) is 0 Å². The van der Waals surface area contributed by atoms with E-state index in [9.17, 15) is 19.4 Å². The van der Waals surface area contributed by atoms with Gasteiger partial charge in [0.05, 0.1) is 12.2 Å². The number of halogens is 1. The van der Waals surface area contributed by atoms with Gasteiger partial charge in [-0.05, 0) is 49.7 Å². The van der Waals surface area contributed by atoms with E-state index < -0.39 is 30.0 Å². The summed E-state index contributed by atoms with van der Waals surface area (Å²) in [7, 11) is 0. The number of hydrogen-bond donors (Lipinski definition) is 3. The lowest BCUT2D eigenvalue weighted by molar-refractivity contribution is -0.0339. The third-order valence-electron chi connectivity index (χ3n) is 5.41. The van der Waals surface area contributed by atoms with E-state index in [2.05, 4.69) is 0 Å². The summed E-state index contributed by atoms with van der Waals surface area (Å²) < 4.78 is 25.1. The zero-order valence-corrected chi connectivity index (χ0v) is 16.0.